The number of quaternary nitrogens is 1. The first-order valence-corrected chi connectivity index (χ1v) is 11.1. The molecular formula is C22H32N5OS+. The van der Waals surface area contributed by atoms with Crippen LogP contribution in [0.4, 0.5) is 5.95 Å². The van der Waals surface area contributed by atoms with Crippen LogP contribution in [-0.2, 0) is 18.0 Å². The second-order valence-corrected chi connectivity index (χ2v) is 8.76. The van der Waals surface area contributed by atoms with E-state index < -0.39 is 0 Å². The lowest BCUT2D eigenvalue weighted by Crippen LogP contribution is -3.11. The largest absolute Gasteiger partial charge is 0.378 e. The van der Waals surface area contributed by atoms with Crippen molar-refractivity contribution in [2.45, 2.75) is 33.5 Å². The third-order valence-corrected chi connectivity index (χ3v) is 6.08. The maximum Gasteiger partial charge on any atom is 0.226 e. The first-order chi connectivity index (χ1) is 14.1. The summed E-state index contributed by atoms with van der Waals surface area (Å²) in [7, 11) is 0. The van der Waals surface area contributed by atoms with E-state index in [1.54, 1.807) is 0 Å². The van der Waals surface area contributed by atoms with Gasteiger partial charge in [0, 0.05) is 26.1 Å². The minimum atomic E-state index is 0.526. The molecule has 0 bridgehead atoms. The second-order valence-electron chi connectivity index (χ2n) is 8.39. The molecule has 1 saturated heterocycles. The molecule has 1 unspecified atom stereocenters. The lowest BCUT2D eigenvalue weighted by Gasteiger charge is -2.28. The standard InChI is InChI=1S/C22H31N5OS/c1-18(2)16-26-21(25-12-14-28-15-13-25)23-27(22(26)29)17-24-10-8-20(9-11-24)19-6-4-3-5-7-19/h3-8,18H,9-17H2,1-2H3/p+1. The van der Waals surface area contributed by atoms with Crippen molar-refractivity contribution in [3.63, 3.8) is 0 Å². The highest BCUT2D eigenvalue weighted by Crippen LogP contribution is 2.19. The topological polar surface area (TPSA) is 39.7 Å². The number of hydrogen-bond donors (Lipinski definition) is 1. The number of nitrogens with one attached hydrogen (secondary N) is 1. The van der Waals surface area contributed by atoms with Crippen LogP contribution in [0.15, 0.2) is 36.4 Å². The van der Waals surface area contributed by atoms with Crippen LogP contribution in [0.25, 0.3) is 5.57 Å². The Kier molecular flexibility index (Phi) is 6.47. The van der Waals surface area contributed by atoms with Crippen LogP contribution >= 0.6 is 12.2 Å². The van der Waals surface area contributed by atoms with E-state index in [1.807, 2.05) is 4.68 Å². The van der Waals surface area contributed by atoms with E-state index >= 15 is 0 Å². The van der Waals surface area contributed by atoms with Crippen molar-refractivity contribution >= 4 is 23.7 Å². The zero-order valence-corrected chi connectivity index (χ0v) is 18.3. The third-order valence-electron chi connectivity index (χ3n) is 5.65. The molecule has 4 rings (SSSR count). The highest BCUT2D eigenvalue weighted by molar-refractivity contribution is 7.71. The molecule has 6 nitrogen and oxygen atoms in total. The smallest absolute Gasteiger partial charge is 0.226 e. The predicted molar refractivity (Wildman–Crippen MR) is 119 cm³/mol. The number of nitrogens with zero attached hydrogens (tertiary/aromatic N) is 4. The van der Waals surface area contributed by atoms with E-state index in [-0.39, 0.29) is 0 Å². The molecule has 156 valence electrons. The van der Waals surface area contributed by atoms with Gasteiger partial charge in [0.2, 0.25) is 10.7 Å². The molecule has 0 saturated carbocycles. The van der Waals surface area contributed by atoms with Crippen LogP contribution < -0.4 is 9.80 Å². The molecular weight excluding hydrogens is 382 g/mol. The third kappa shape index (κ3) is 4.79. The van der Waals surface area contributed by atoms with Gasteiger partial charge in [0.05, 0.1) is 26.3 Å². The van der Waals surface area contributed by atoms with Crippen LogP contribution in [0.5, 0.6) is 0 Å². The maximum absolute atomic E-state index is 5.85. The summed E-state index contributed by atoms with van der Waals surface area (Å²) in [6.07, 6.45) is 3.47. The molecule has 1 aromatic heterocycles. The lowest BCUT2D eigenvalue weighted by molar-refractivity contribution is -0.918. The maximum atomic E-state index is 5.85. The van der Waals surface area contributed by atoms with Crippen LogP contribution in [-0.4, -0.2) is 53.7 Å². The summed E-state index contributed by atoms with van der Waals surface area (Å²) in [5, 5.41) is 4.96. The summed E-state index contributed by atoms with van der Waals surface area (Å²) >= 11 is 5.85. The second kappa shape index (κ2) is 9.24. The molecule has 1 aromatic carbocycles. The number of morpholine rings is 1. The Balaban J connectivity index is 1.51. The van der Waals surface area contributed by atoms with Gasteiger partial charge in [-0.2, -0.15) is 4.68 Å². The molecule has 0 radical (unpaired) electrons. The molecule has 1 fully saturated rings. The SMILES string of the molecule is CC(C)Cn1c(N2CCOCC2)nn(C[NH+]2CC=C(c3ccccc3)CC2)c1=S. The molecule has 1 atom stereocenters. The van der Waals surface area contributed by atoms with Gasteiger partial charge in [-0.25, -0.2) is 0 Å². The molecule has 0 aliphatic carbocycles. The fraction of sp³-hybridized carbons (Fsp3) is 0.545. The van der Waals surface area contributed by atoms with Gasteiger partial charge in [-0.05, 0) is 35.3 Å². The average Bonchev–Trinajstić information content (AvgIpc) is 3.05. The Bertz CT molecular complexity index is 896. The Morgan fingerprint density at radius 1 is 1.17 bits per heavy atom. The van der Waals surface area contributed by atoms with Gasteiger partial charge in [0.1, 0.15) is 0 Å². The molecule has 7 heteroatoms. The fourth-order valence-corrected chi connectivity index (χ4v) is 4.37. The Hall–Kier alpha value is -1.96. The van der Waals surface area contributed by atoms with Crippen molar-refractivity contribution in [3.05, 3.63) is 46.7 Å². The van der Waals surface area contributed by atoms with Crippen molar-refractivity contribution in [2.24, 2.45) is 5.92 Å². The molecule has 2 aliphatic rings. The van der Waals surface area contributed by atoms with Crippen molar-refractivity contribution in [1.29, 1.82) is 0 Å². The molecule has 3 heterocycles. The van der Waals surface area contributed by atoms with Crippen LogP contribution in [0, 0.1) is 10.7 Å². The number of hydrogen-bond acceptors (Lipinski definition) is 4. The predicted octanol–water partition coefficient (Wildman–Crippen LogP) is 2.24. The van der Waals surface area contributed by atoms with Gasteiger partial charge < -0.3 is 14.5 Å². The summed E-state index contributed by atoms with van der Waals surface area (Å²) in [5.74, 6) is 1.53. The minimum absolute atomic E-state index is 0.526. The summed E-state index contributed by atoms with van der Waals surface area (Å²) in [6.45, 7) is 11.6. The Labute approximate surface area is 178 Å². The van der Waals surface area contributed by atoms with E-state index in [1.165, 1.54) is 16.0 Å². The van der Waals surface area contributed by atoms with E-state index in [2.05, 4.69) is 59.7 Å². The van der Waals surface area contributed by atoms with Gasteiger partial charge in [0.25, 0.3) is 0 Å². The highest BCUT2D eigenvalue weighted by atomic mass is 32.1. The van der Waals surface area contributed by atoms with Crippen LogP contribution in [0.3, 0.4) is 0 Å². The minimum Gasteiger partial charge on any atom is -0.378 e. The van der Waals surface area contributed by atoms with E-state index in [4.69, 9.17) is 22.1 Å². The first kappa shape index (κ1) is 20.3. The zero-order chi connectivity index (χ0) is 20.2. The number of anilines is 1. The molecule has 0 spiro atoms. The Morgan fingerprint density at radius 3 is 2.59 bits per heavy atom. The Morgan fingerprint density at radius 2 is 1.93 bits per heavy atom. The number of aromatic nitrogens is 3. The summed E-state index contributed by atoms with van der Waals surface area (Å²) in [4.78, 5) is 3.82. The molecule has 1 N–H and O–H groups in total. The van der Waals surface area contributed by atoms with Crippen molar-refractivity contribution in [3.8, 4) is 0 Å². The molecule has 29 heavy (non-hydrogen) atoms. The zero-order valence-electron chi connectivity index (χ0n) is 17.5. The number of rotatable bonds is 6. The summed E-state index contributed by atoms with van der Waals surface area (Å²) < 4.78 is 10.6. The van der Waals surface area contributed by atoms with Crippen molar-refractivity contribution in [1.82, 2.24) is 14.3 Å². The molecule has 0 amide bonds. The van der Waals surface area contributed by atoms with Gasteiger partial charge in [-0.3, -0.25) is 4.57 Å². The van der Waals surface area contributed by atoms with Crippen LogP contribution in [0.1, 0.15) is 25.8 Å². The summed E-state index contributed by atoms with van der Waals surface area (Å²) in [5.41, 5.74) is 2.80. The van der Waals surface area contributed by atoms with E-state index in [9.17, 15) is 0 Å². The monoisotopic (exact) mass is 414 g/mol. The number of ether oxygens (including phenoxy) is 1. The van der Waals surface area contributed by atoms with Gasteiger partial charge in [-0.15, -0.1) is 5.10 Å². The van der Waals surface area contributed by atoms with Crippen LogP contribution in [0.2, 0.25) is 0 Å². The highest BCUT2D eigenvalue weighted by Gasteiger charge is 2.23. The summed E-state index contributed by atoms with van der Waals surface area (Å²) in [6, 6.07) is 10.7. The molecule has 2 aliphatic heterocycles. The van der Waals surface area contributed by atoms with Crippen molar-refractivity contribution < 1.29 is 9.64 Å². The van der Waals surface area contributed by atoms with E-state index in [0.717, 1.165) is 69.7 Å². The fourth-order valence-electron chi connectivity index (χ4n) is 4.11. The average molecular weight is 415 g/mol. The van der Waals surface area contributed by atoms with E-state index in [0.29, 0.717) is 5.92 Å². The lowest BCUT2D eigenvalue weighted by atomic mass is 10.00. The first-order valence-electron chi connectivity index (χ1n) is 10.7. The van der Waals surface area contributed by atoms with Gasteiger partial charge in [0.15, 0.2) is 6.67 Å². The van der Waals surface area contributed by atoms with Gasteiger partial charge in [-0.1, -0.05) is 44.2 Å². The molecule has 2 aromatic rings. The van der Waals surface area contributed by atoms with Gasteiger partial charge >= 0.3 is 0 Å². The normalized spacial score (nSPS) is 20.2. The number of benzene rings is 1. The quantitative estimate of drug-likeness (QED) is 0.736. The van der Waals surface area contributed by atoms with Crippen molar-refractivity contribution in [2.75, 3.05) is 44.3 Å².